The molecule has 0 aliphatic carbocycles. The number of fused-ring (bicyclic) bond motifs is 2. The number of amides is 1. The first-order valence-corrected chi connectivity index (χ1v) is 9.55. The number of epoxide rings is 1. The lowest BCUT2D eigenvalue weighted by molar-refractivity contribution is -0.122. The second kappa shape index (κ2) is 9.19. The smallest absolute Gasteiger partial charge is 0.342 e. The van der Waals surface area contributed by atoms with Crippen molar-refractivity contribution in [3.05, 3.63) is 46.5 Å². The third kappa shape index (κ3) is 5.31. The Hall–Kier alpha value is -3.04. The second-order valence-electron chi connectivity index (χ2n) is 6.92. The van der Waals surface area contributed by atoms with E-state index in [1.165, 1.54) is 0 Å². The number of carbonyl (C=O) groups is 2. The number of halogens is 1. The van der Waals surface area contributed by atoms with Crippen LogP contribution in [0.3, 0.4) is 0 Å². The summed E-state index contributed by atoms with van der Waals surface area (Å²) in [6.45, 7) is 1.27. The fraction of sp³-hybridized carbons (Fsp3) is 0.350. The first-order valence-electron chi connectivity index (χ1n) is 9.18. The number of oxime groups is 1. The Bertz CT molecular complexity index is 942. The minimum atomic E-state index is -0.803. The van der Waals surface area contributed by atoms with Crippen LogP contribution >= 0.6 is 11.6 Å². The SMILES string of the molecule is C[C@@H]1C[C@H]2O[C@@H]2\C=C/C=C\C(=N/OCC(N)=O)Cc2c(Cl)c(O)cc(O)c2C(=O)O1. The summed E-state index contributed by atoms with van der Waals surface area (Å²) in [5.74, 6) is -2.42. The third-order valence-corrected chi connectivity index (χ3v) is 4.89. The van der Waals surface area contributed by atoms with Gasteiger partial charge in [0.2, 0.25) is 0 Å². The van der Waals surface area contributed by atoms with E-state index in [1.807, 2.05) is 6.08 Å². The van der Waals surface area contributed by atoms with Crippen LogP contribution in [-0.2, 0) is 25.5 Å². The number of nitrogens with two attached hydrogens (primary N) is 1. The predicted molar refractivity (Wildman–Crippen MR) is 108 cm³/mol. The number of phenolic OH excluding ortho intramolecular Hbond substituents is 2. The number of carbonyl (C=O) groups excluding carboxylic acids is 2. The molecule has 2 aliphatic rings. The standard InChI is InChI=1S/C20H21ClN2O7/c1-10-6-16-15(30-16)5-3-2-4-11(23-28-9-17(22)26)7-12-18(20(27)29-10)13(24)8-14(25)19(12)21/h2-5,8,10,15-16,24-25H,6-7,9H2,1H3,(H2,22,26)/b4-2-,5-3-,23-11+/t10-,15-,16-/m1/s1. The second-order valence-corrected chi connectivity index (χ2v) is 7.29. The van der Waals surface area contributed by atoms with E-state index in [-0.39, 0.29) is 40.5 Å². The van der Waals surface area contributed by atoms with Crippen molar-refractivity contribution < 1.29 is 34.1 Å². The molecule has 0 unspecified atom stereocenters. The van der Waals surface area contributed by atoms with Gasteiger partial charge in [0.1, 0.15) is 29.3 Å². The molecule has 9 nitrogen and oxygen atoms in total. The summed E-state index contributed by atoms with van der Waals surface area (Å²) in [6.07, 6.45) is 6.59. The Morgan fingerprint density at radius 3 is 2.87 bits per heavy atom. The van der Waals surface area contributed by atoms with Crippen molar-refractivity contribution in [2.24, 2.45) is 10.9 Å². The van der Waals surface area contributed by atoms with Crippen LogP contribution in [0.2, 0.25) is 5.02 Å². The first kappa shape index (κ1) is 21.7. The summed E-state index contributed by atoms with van der Waals surface area (Å²) in [5.41, 5.74) is 5.20. The molecule has 2 aliphatic heterocycles. The highest BCUT2D eigenvalue weighted by Crippen LogP contribution is 2.38. The van der Waals surface area contributed by atoms with Crippen molar-refractivity contribution in [2.45, 2.75) is 38.1 Å². The van der Waals surface area contributed by atoms with E-state index in [2.05, 4.69) is 5.16 Å². The van der Waals surface area contributed by atoms with Crippen molar-refractivity contribution in [2.75, 3.05) is 6.61 Å². The van der Waals surface area contributed by atoms with Crippen LogP contribution in [0.4, 0.5) is 0 Å². The lowest BCUT2D eigenvalue weighted by atomic mass is 9.99. The van der Waals surface area contributed by atoms with Crippen molar-refractivity contribution in [3.63, 3.8) is 0 Å². The summed E-state index contributed by atoms with van der Waals surface area (Å²) < 4.78 is 11.0. The molecule has 2 heterocycles. The van der Waals surface area contributed by atoms with E-state index < -0.39 is 36.1 Å². The van der Waals surface area contributed by atoms with Crippen LogP contribution < -0.4 is 5.73 Å². The van der Waals surface area contributed by atoms with Gasteiger partial charge in [0.05, 0.1) is 16.8 Å². The maximum atomic E-state index is 12.8. The van der Waals surface area contributed by atoms with Crippen LogP contribution in [0.5, 0.6) is 11.5 Å². The van der Waals surface area contributed by atoms with Crippen molar-refractivity contribution in [1.82, 2.24) is 0 Å². The molecular formula is C20H21ClN2O7. The van der Waals surface area contributed by atoms with E-state index in [0.29, 0.717) is 6.42 Å². The number of allylic oxidation sites excluding steroid dienone is 3. The first-order chi connectivity index (χ1) is 14.3. The molecule has 1 aromatic rings. The molecule has 0 saturated carbocycles. The molecule has 3 rings (SSSR count). The zero-order valence-electron chi connectivity index (χ0n) is 16.1. The monoisotopic (exact) mass is 436 g/mol. The Morgan fingerprint density at radius 1 is 1.37 bits per heavy atom. The normalized spacial score (nSPS) is 27.2. The zero-order valence-corrected chi connectivity index (χ0v) is 16.8. The predicted octanol–water partition coefficient (Wildman–Crippen LogP) is 1.98. The van der Waals surface area contributed by atoms with Crippen LogP contribution in [0.1, 0.15) is 29.3 Å². The Kier molecular flexibility index (Phi) is 6.63. The third-order valence-electron chi connectivity index (χ3n) is 4.47. The number of rotatable bonds is 3. The van der Waals surface area contributed by atoms with Crippen LogP contribution in [0.15, 0.2) is 35.5 Å². The topological polar surface area (TPSA) is 144 Å². The van der Waals surface area contributed by atoms with E-state index in [1.54, 1.807) is 25.2 Å². The number of aromatic hydroxyl groups is 2. The number of primary amides is 1. The number of phenols is 2. The molecule has 1 amide bonds. The summed E-state index contributed by atoms with van der Waals surface area (Å²) in [6, 6.07) is 0.967. The summed E-state index contributed by atoms with van der Waals surface area (Å²) in [5, 5.41) is 24.0. The van der Waals surface area contributed by atoms with Gasteiger partial charge in [0, 0.05) is 18.9 Å². The van der Waals surface area contributed by atoms with Crippen LogP contribution in [-0.4, -0.2) is 52.7 Å². The molecule has 30 heavy (non-hydrogen) atoms. The number of benzene rings is 1. The van der Waals surface area contributed by atoms with Crippen molar-refractivity contribution >= 4 is 29.2 Å². The molecular weight excluding hydrogens is 416 g/mol. The molecule has 1 fully saturated rings. The molecule has 10 heteroatoms. The largest absolute Gasteiger partial charge is 0.507 e. The highest BCUT2D eigenvalue weighted by molar-refractivity contribution is 6.33. The fourth-order valence-corrected chi connectivity index (χ4v) is 3.25. The maximum absolute atomic E-state index is 12.8. The Labute approximate surface area is 177 Å². The summed E-state index contributed by atoms with van der Waals surface area (Å²) in [7, 11) is 0. The molecule has 160 valence electrons. The van der Waals surface area contributed by atoms with Crippen molar-refractivity contribution in [3.8, 4) is 11.5 Å². The summed E-state index contributed by atoms with van der Waals surface area (Å²) >= 11 is 6.22. The average Bonchev–Trinajstić information content (AvgIpc) is 3.38. The van der Waals surface area contributed by atoms with Gasteiger partial charge in [-0.3, -0.25) is 4.79 Å². The van der Waals surface area contributed by atoms with E-state index in [4.69, 9.17) is 31.6 Å². The van der Waals surface area contributed by atoms with Crippen molar-refractivity contribution in [1.29, 1.82) is 0 Å². The molecule has 0 radical (unpaired) electrons. The lowest BCUT2D eigenvalue weighted by Crippen LogP contribution is -2.20. The van der Waals surface area contributed by atoms with Gasteiger partial charge in [-0.15, -0.1) is 0 Å². The van der Waals surface area contributed by atoms with E-state index in [9.17, 15) is 19.8 Å². The molecule has 0 aromatic heterocycles. The number of nitrogens with zero attached hydrogens (tertiary/aromatic N) is 1. The number of hydrogen-bond acceptors (Lipinski definition) is 8. The van der Waals surface area contributed by atoms with Crippen LogP contribution in [0.25, 0.3) is 0 Å². The van der Waals surface area contributed by atoms with E-state index in [0.717, 1.165) is 6.07 Å². The molecule has 0 bridgehead atoms. The van der Waals surface area contributed by atoms with Gasteiger partial charge in [0.15, 0.2) is 6.61 Å². The summed E-state index contributed by atoms with van der Waals surface area (Å²) in [4.78, 5) is 28.6. The zero-order chi connectivity index (χ0) is 21.8. The highest BCUT2D eigenvalue weighted by Gasteiger charge is 2.38. The fourth-order valence-electron chi connectivity index (χ4n) is 3.03. The minimum Gasteiger partial charge on any atom is -0.507 e. The molecule has 4 N–H and O–H groups in total. The number of cyclic esters (lactones) is 1. The molecule has 3 atom stereocenters. The van der Waals surface area contributed by atoms with Gasteiger partial charge in [-0.2, -0.15) is 0 Å². The number of ether oxygens (including phenoxy) is 2. The van der Waals surface area contributed by atoms with Gasteiger partial charge in [-0.05, 0) is 18.6 Å². The van der Waals surface area contributed by atoms with Crippen LogP contribution in [0, 0.1) is 0 Å². The lowest BCUT2D eigenvalue weighted by Gasteiger charge is -2.17. The quantitative estimate of drug-likeness (QED) is 0.373. The highest BCUT2D eigenvalue weighted by atomic mass is 35.5. The molecule has 1 aromatic carbocycles. The minimum absolute atomic E-state index is 0.0797. The molecule has 0 spiro atoms. The maximum Gasteiger partial charge on any atom is 0.342 e. The number of hydrogen-bond donors (Lipinski definition) is 3. The number of esters is 1. The molecule has 1 saturated heterocycles. The Balaban J connectivity index is 2.03. The van der Waals surface area contributed by atoms with E-state index >= 15 is 0 Å². The van der Waals surface area contributed by atoms with Gasteiger partial charge < -0.3 is 30.3 Å². The average molecular weight is 437 g/mol. The van der Waals surface area contributed by atoms with Gasteiger partial charge in [-0.25, -0.2) is 4.79 Å². The van der Waals surface area contributed by atoms with Gasteiger partial charge in [0.25, 0.3) is 5.91 Å². The Morgan fingerprint density at radius 2 is 2.13 bits per heavy atom. The van der Waals surface area contributed by atoms with Gasteiger partial charge in [-0.1, -0.05) is 35.0 Å². The van der Waals surface area contributed by atoms with Gasteiger partial charge >= 0.3 is 5.97 Å².